The van der Waals surface area contributed by atoms with E-state index in [-0.39, 0.29) is 11.9 Å². The summed E-state index contributed by atoms with van der Waals surface area (Å²) in [6.45, 7) is 0.802. The molecule has 1 heterocycles. The number of carbonyl (C=O) groups is 3. The second kappa shape index (κ2) is 6.25. The van der Waals surface area contributed by atoms with Gasteiger partial charge in [0.25, 0.3) is 0 Å². The number of urea groups is 1. The van der Waals surface area contributed by atoms with Crippen molar-refractivity contribution in [2.45, 2.75) is 12.8 Å². The minimum Gasteiger partial charge on any atom is -0.481 e. The third-order valence-electron chi connectivity index (χ3n) is 3.53. The number of hydrogen-bond acceptors (Lipinski definition) is 3. The fourth-order valence-corrected chi connectivity index (χ4v) is 2.28. The molecule has 0 aliphatic carbocycles. The van der Waals surface area contributed by atoms with Crippen LogP contribution in [0, 0.1) is 5.92 Å². The molecule has 0 saturated carbocycles. The number of anilines is 1. The zero-order valence-electron chi connectivity index (χ0n) is 11.4. The summed E-state index contributed by atoms with van der Waals surface area (Å²) in [5, 5.41) is 11.6. The van der Waals surface area contributed by atoms with Crippen LogP contribution in [0.1, 0.15) is 23.2 Å². The molecule has 0 spiro atoms. The number of piperidine rings is 1. The van der Waals surface area contributed by atoms with Gasteiger partial charge in [-0.25, -0.2) is 4.79 Å². The highest BCUT2D eigenvalue weighted by Crippen LogP contribution is 2.18. The number of amides is 3. The lowest BCUT2D eigenvalue weighted by molar-refractivity contribution is -0.143. The summed E-state index contributed by atoms with van der Waals surface area (Å²) in [7, 11) is 0. The Morgan fingerprint density at radius 3 is 2.48 bits per heavy atom. The van der Waals surface area contributed by atoms with Gasteiger partial charge >= 0.3 is 12.0 Å². The molecule has 1 aromatic carbocycles. The Hall–Kier alpha value is -2.57. The summed E-state index contributed by atoms with van der Waals surface area (Å²) < 4.78 is 0. The number of carboxylic acid groups (broad SMARTS) is 1. The second-order valence-corrected chi connectivity index (χ2v) is 4.97. The van der Waals surface area contributed by atoms with Crippen LogP contribution in [-0.2, 0) is 4.79 Å². The first-order valence-electron chi connectivity index (χ1n) is 6.66. The normalized spacial score (nSPS) is 15.5. The highest BCUT2D eigenvalue weighted by Gasteiger charge is 2.26. The molecule has 7 heteroatoms. The van der Waals surface area contributed by atoms with Gasteiger partial charge in [0.1, 0.15) is 0 Å². The van der Waals surface area contributed by atoms with Crippen LogP contribution in [-0.4, -0.2) is 41.0 Å². The van der Waals surface area contributed by atoms with E-state index in [0.29, 0.717) is 37.2 Å². The highest BCUT2D eigenvalue weighted by atomic mass is 16.4. The molecule has 1 aliphatic rings. The fourth-order valence-electron chi connectivity index (χ4n) is 2.28. The molecule has 0 radical (unpaired) electrons. The van der Waals surface area contributed by atoms with Crippen molar-refractivity contribution in [3.63, 3.8) is 0 Å². The Kier molecular flexibility index (Phi) is 4.42. The number of hydrogen-bond donors (Lipinski definition) is 3. The number of carbonyl (C=O) groups excluding carboxylic acids is 2. The summed E-state index contributed by atoms with van der Waals surface area (Å²) >= 11 is 0. The lowest BCUT2D eigenvalue weighted by Crippen LogP contribution is -2.42. The van der Waals surface area contributed by atoms with Gasteiger partial charge in [0.2, 0.25) is 5.91 Å². The van der Waals surface area contributed by atoms with Crippen LogP contribution >= 0.6 is 0 Å². The Bertz CT molecular complexity index is 565. The highest BCUT2D eigenvalue weighted by molar-refractivity contribution is 5.95. The number of nitrogens with zero attached hydrogens (tertiary/aromatic N) is 1. The zero-order chi connectivity index (χ0) is 15.4. The SMILES string of the molecule is NC(=O)c1cccc(NC(=O)N2CCC(C(=O)O)CC2)c1. The molecule has 112 valence electrons. The minimum atomic E-state index is -0.816. The monoisotopic (exact) mass is 291 g/mol. The van der Waals surface area contributed by atoms with Crippen molar-refractivity contribution in [1.82, 2.24) is 4.90 Å². The predicted molar refractivity (Wildman–Crippen MR) is 75.9 cm³/mol. The maximum Gasteiger partial charge on any atom is 0.321 e. The first kappa shape index (κ1) is 14.8. The molecule has 0 aromatic heterocycles. The predicted octanol–water partition coefficient (Wildman–Crippen LogP) is 1.11. The molecule has 2 rings (SSSR count). The van der Waals surface area contributed by atoms with Gasteiger partial charge in [0, 0.05) is 24.3 Å². The van der Waals surface area contributed by atoms with Gasteiger partial charge in [-0.1, -0.05) is 6.07 Å². The van der Waals surface area contributed by atoms with Crippen molar-refractivity contribution in [2.75, 3.05) is 18.4 Å². The molecule has 0 atom stereocenters. The van der Waals surface area contributed by atoms with E-state index in [4.69, 9.17) is 10.8 Å². The van der Waals surface area contributed by atoms with Gasteiger partial charge in [-0.15, -0.1) is 0 Å². The molecule has 4 N–H and O–H groups in total. The number of carboxylic acids is 1. The average molecular weight is 291 g/mol. The molecule has 1 aliphatic heterocycles. The smallest absolute Gasteiger partial charge is 0.321 e. The van der Waals surface area contributed by atoms with E-state index in [1.54, 1.807) is 23.1 Å². The van der Waals surface area contributed by atoms with Gasteiger partial charge in [-0.05, 0) is 31.0 Å². The summed E-state index contributed by atoms with van der Waals surface area (Å²) in [5.74, 6) is -1.76. The molecule has 7 nitrogen and oxygen atoms in total. The molecule has 1 fully saturated rings. The van der Waals surface area contributed by atoms with Crippen LogP contribution < -0.4 is 11.1 Å². The quantitative estimate of drug-likeness (QED) is 0.774. The summed E-state index contributed by atoms with van der Waals surface area (Å²) in [5.41, 5.74) is 5.98. The Balaban J connectivity index is 1.95. The third-order valence-corrected chi connectivity index (χ3v) is 3.53. The van der Waals surface area contributed by atoms with Gasteiger partial charge in [0.05, 0.1) is 5.92 Å². The standard InChI is InChI=1S/C14H17N3O4/c15-12(18)10-2-1-3-11(8-10)16-14(21)17-6-4-9(5-7-17)13(19)20/h1-3,8-9H,4-7H2,(H2,15,18)(H,16,21)(H,19,20). The molecule has 1 saturated heterocycles. The summed E-state index contributed by atoms with van der Waals surface area (Å²) in [6.07, 6.45) is 0.897. The number of likely N-dealkylation sites (tertiary alicyclic amines) is 1. The number of nitrogens with one attached hydrogen (secondary N) is 1. The largest absolute Gasteiger partial charge is 0.481 e. The van der Waals surface area contributed by atoms with E-state index in [2.05, 4.69) is 5.32 Å². The number of rotatable bonds is 3. The van der Waals surface area contributed by atoms with E-state index >= 15 is 0 Å². The Morgan fingerprint density at radius 2 is 1.90 bits per heavy atom. The number of primary amides is 1. The minimum absolute atomic E-state index is 0.305. The van der Waals surface area contributed by atoms with Gasteiger partial charge in [0.15, 0.2) is 0 Å². The molecule has 3 amide bonds. The molecule has 21 heavy (non-hydrogen) atoms. The van der Waals surface area contributed by atoms with E-state index in [1.807, 2.05) is 0 Å². The summed E-state index contributed by atoms with van der Waals surface area (Å²) in [4.78, 5) is 35.6. The molecule has 0 bridgehead atoms. The van der Waals surface area contributed by atoms with Crippen molar-refractivity contribution in [1.29, 1.82) is 0 Å². The topological polar surface area (TPSA) is 113 Å². The lowest BCUT2D eigenvalue weighted by Gasteiger charge is -2.30. The zero-order valence-corrected chi connectivity index (χ0v) is 11.4. The van der Waals surface area contributed by atoms with Gasteiger partial charge < -0.3 is 21.1 Å². The Labute approximate surface area is 121 Å². The first-order chi connectivity index (χ1) is 9.97. The van der Waals surface area contributed by atoms with Crippen LogP contribution in [0.4, 0.5) is 10.5 Å². The fraction of sp³-hybridized carbons (Fsp3) is 0.357. The Morgan fingerprint density at radius 1 is 1.24 bits per heavy atom. The van der Waals surface area contributed by atoms with Crippen LogP contribution in [0.25, 0.3) is 0 Å². The first-order valence-corrected chi connectivity index (χ1v) is 6.66. The molecule has 0 unspecified atom stereocenters. The number of benzene rings is 1. The number of aliphatic carboxylic acids is 1. The van der Waals surface area contributed by atoms with Gasteiger partial charge in [-0.2, -0.15) is 0 Å². The molecular weight excluding hydrogens is 274 g/mol. The number of nitrogens with two attached hydrogens (primary N) is 1. The van der Waals surface area contributed by atoms with Crippen LogP contribution in [0.3, 0.4) is 0 Å². The van der Waals surface area contributed by atoms with Crippen molar-refractivity contribution in [2.24, 2.45) is 11.7 Å². The molecular formula is C14H17N3O4. The van der Waals surface area contributed by atoms with E-state index < -0.39 is 11.9 Å². The van der Waals surface area contributed by atoms with Crippen LogP contribution in [0.2, 0.25) is 0 Å². The lowest BCUT2D eigenvalue weighted by atomic mass is 9.97. The van der Waals surface area contributed by atoms with Crippen molar-refractivity contribution < 1.29 is 19.5 Å². The van der Waals surface area contributed by atoms with E-state index in [9.17, 15) is 14.4 Å². The second-order valence-electron chi connectivity index (χ2n) is 4.97. The third kappa shape index (κ3) is 3.71. The van der Waals surface area contributed by atoms with E-state index in [1.165, 1.54) is 6.07 Å². The summed E-state index contributed by atoms with van der Waals surface area (Å²) in [6, 6.07) is 6.06. The maximum atomic E-state index is 12.1. The van der Waals surface area contributed by atoms with Crippen molar-refractivity contribution >= 4 is 23.6 Å². The average Bonchev–Trinajstić information content (AvgIpc) is 2.47. The van der Waals surface area contributed by atoms with Gasteiger partial charge in [-0.3, -0.25) is 9.59 Å². The van der Waals surface area contributed by atoms with Crippen LogP contribution in [0.5, 0.6) is 0 Å². The maximum absolute atomic E-state index is 12.1. The van der Waals surface area contributed by atoms with Crippen molar-refractivity contribution in [3.05, 3.63) is 29.8 Å². The van der Waals surface area contributed by atoms with Crippen molar-refractivity contribution in [3.8, 4) is 0 Å². The molecule has 1 aromatic rings. The van der Waals surface area contributed by atoms with E-state index in [0.717, 1.165) is 0 Å². The van der Waals surface area contributed by atoms with Crippen LogP contribution in [0.15, 0.2) is 24.3 Å².